The van der Waals surface area contributed by atoms with Crippen molar-refractivity contribution in [3.05, 3.63) is 34.9 Å². The van der Waals surface area contributed by atoms with E-state index in [1.807, 2.05) is 20.8 Å². The van der Waals surface area contributed by atoms with Gasteiger partial charge >= 0.3 is 0 Å². The monoisotopic (exact) mass is 327 g/mol. The summed E-state index contributed by atoms with van der Waals surface area (Å²) in [5, 5.41) is 10.6. The Kier molecular flexibility index (Phi) is 6.06. The molecule has 1 heterocycles. The number of rotatable bonds is 7. The SMILES string of the molecule is CCNc1nc(NCC)nc(N/N=C(\C)c2ccc(C)c(C)c2)n1. The molecular weight excluding hydrogens is 302 g/mol. The van der Waals surface area contributed by atoms with Crippen LogP contribution in [0.4, 0.5) is 17.8 Å². The second-order valence-electron chi connectivity index (χ2n) is 5.47. The Morgan fingerprint density at radius 2 is 1.50 bits per heavy atom. The van der Waals surface area contributed by atoms with Gasteiger partial charge in [-0.3, -0.25) is 0 Å². The van der Waals surface area contributed by atoms with Crippen LogP contribution in [-0.4, -0.2) is 33.8 Å². The molecule has 0 saturated carbocycles. The fourth-order valence-electron chi connectivity index (χ4n) is 2.07. The molecule has 0 fully saturated rings. The van der Waals surface area contributed by atoms with E-state index in [0.29, 0.717) is 17.8 Å². The van der Waals surface area contributed by atoms with Crippen molar-refractivity contribution in [2.75, 3.05) is 29.1 Å². The topological polar surface area (TPSA) is 87.1 Å². The van der Waals surface area contributed by atoms with Crippen LogP contribution < -0.4 is 16.1 Å². The molecule has 7 nitrogen and oxygen atoms in total. The van der Waals surface area contributed by atoms with Gasteiger partial charge in [-0.15, -0.1) is 0 Å². The molecule has 7 heteroatoms. The molecule has 0 unspecified atom stereocenters. The number of anilines is 3. The summed E-state index contributed by atoms with van der Waals surface area (Å²) >= 11 is 0. The van der Waals surface area contributed by atoms with Gasteiger partial charge in [0.1, 0.15) is 0 Å². The lowest BCUT2D eigenvalue weighted by Crippen LogP contribution is -2.11. The van der Waals surface area contributed by atoms with Crippen LogP contribution in [0.15, 0.2) is 23.3 Å². The molecule has 0 aliphatic carbocycles. The van der Waals surface area contributed by atoms with Crippen molar-refractivity contribution in [1.82, 2.24) is 15.0 Å². The average Bonchev–Trinajstić information content (AvgIpc) is 2.55. The van der Waals surface area contributed by atoms with E-state index in [4.69, 9.17) is 0 Å². The smallest absolute Gasteiger partial charge is 0.250 e. The Hall–Kier alpha value is -2.70. The standard InChI is InChI=1S/C17H25N7/c1-6-18-15-20-16(19-7-2)22-17(21-15)24-23-13(5)14-9-8-11(3)12(4)10-14/h8-10H,6-7H2,1-5H3,(H3,18,19,20,21,22,24)/b23-13+. The van der Waals surface area contributed by atoms with Gasteiger partial charge in [0.15, 0.2) is 0 Å². The third-order valence-corrected chi connectivity index (χ3v) is 3.55. The highest BCUT2D eigenvalue weighted by molar-refractivity contribution is 5.99. The predicted octanol–water partition coefficient (Wildman–Crippen LogP) is 3.19. The van der Waals surface area contributed by atoms with Crippen molar-refractivity contribution < 1.29 is 0 Å². The molecule has 2 rings (SSSR count). The highest BCUT2D eigenvalue weighted by atomic mass is 15.4. The molecular formula is C17H25N7. The summed E-state index contributed by atoms with van der Waals surface area (Å²) in [4.78, 5) is 12.9. The van der Waals surface area contributed by atoms with E-state index in [1.165, 1.54) is 11.1 Å². The molecule has 2 aromatic rings. The first-order valence-corrected chi connectivity index (χ1v) is 8.15. The van der Waals surface area contributed by atoms with Gasteiger partial charge in [0.2, 0.25) is 17.8 Å². The summed E-state index contributed by atoms with van der Waals surface area (Å²) in [6, 6.07) is 6.28. The first-order chi connectivity index (χ1) is 11.5. The summed E-state index contributed by atoms with van der Waals surface area (Å²) in [5.41, 5.74) is 7.37. The fraction of sp³-hybridized carbons (Fsp3) is 0.412. The number of hydrazone groups is 1. The predicted molar refractivity (Wildman–Crippen MR) is 99.9 cm³/mol. The van der Waals surface area contributed by atoms with Gasteiger partial charge in [0, 0.05) is 13.1 Å². The minimum atomic E-state index is 0.403. The van der Waals surface area contributed by atoms with Crippen LogP contribution in [0.3, 0.4) is 0 Å². The third-order valence-electron chi connectivity index (χ3n) is 3.55. The first kappa shape index (κ1) is 17.7. The van der Waals surface area contributed by atoms with Gasteiger partial charge in [0.25, 0.3) is 0 Å². The van der Waals surface area contributed by atoms with E-state index >= 15 is 0 Å². The molecule has 1 aromatic heterocycles. The van der Waals surface area contributed by atoms with Crippen molar-refractivity contribution in [2.24, 2.45) is 5.10 Å². The van der Waals surface area contributed by atoms with Crippen molar-refractivity contribution in [3.63, 3.8) is 0 Å². The number of hydrogen-bond donors (Lipinski definition) is 3. The zero-order chi connectivity index (χ0) is 17.5. The number of nitrogens with one attached hydrogen (secondary N) is 3. The van der Waals surface area contributed by atoms with Crippen LogP contribution in [0.2, 0.25) is 0 Å². The molecule has 0 bridgehead atoms. The second-order valence-corrected chi connectivity index (χ2v) is 5.47. The molecule has 128 valence electrons. The van der Waals surface area contributed by atoms with Crippen molar-refractivity contribution in [2.45, 2.75) is 34.6 Å². The summed E-state index contributed by atoms with van der Waals surface area (Å²) in [6.45, 7) is 11.6. The largest absolute Gasteiger partial charge is 0.354 e. The van der Waals surface area contributed by atoms with Gasteiger partial charge in [-0.25, -0.2) is 5.43 Å². The molecule has 1 aromatic carbocycles. The lowest BCUT2D eigenvalue weighted by molar-refractivity contribution is 0.991. The van der Waals surface area contributed by atoms with Crippen LogP contribution >= 0.6 is 0 Å². The summed E-state index contributed by atoms with van der Waals surface area (Å²) < 4.78 is 0. The lowest BCUT2D eigenvalue weighted by atomic mass is 10.0. The molecule has 0 atom stereocenters. The minimum absolute atomic E-state index is 0.403. The summed E-state index contributed by atoms with van der Waals surface area (Å²) in [5.74, 6) is 1.44. The molecule has 0 spiro atoms. The molecule has 0 radical (unpaired) electrons. The van der Waals surface area contributed by atoms with E-state index < -0.39 is 0 Å². The zero-order valence-electron chi connectivity index (χ0n) is 14.9. The number of nitrogens with zero attached hydrogens (tertiary/aromatic N) is 4. The number of aromatic nitrogens is 3. The molecule has 3 N–H and O–H groups in total. The van der Waals surface area contributed by atoms with Crippen LogP contribution in [0.5, 0.6) is 0 Å². The van der Waals surface area contributed by atoms with E-state index in [-0.39, 0.29) is 0 Å². The minimum Gasteiger partial charge on any atom is -0.354 e. The normalized spacial score (nSPS) is 11.3. The Morgan fingerprint density at radius 1 is 0.917 bits per heavy atom. The number of hydrogen-bond acceptors (Lipinski definition) is 7. The maximum absolute atomic E-state index is 4.40. The Bertz CT molecular complexity index is 701. The van der Waals surface area contributed by atoms with Crippen molar-refractivity contribution in [3.8, 4) is 0 Å². The van der Waals surface area contributed by atoms with Gasteiger partial charge in [-0.1, -0.05) is 12.1 Å². The van der Waals surface area contributed by atoms with E-state index in [2.05, 4.69) is 68.2 Å². The van der Waals surface area contributed by atoms with Crippen LogP contribution in [0.1, 0.15) is 37.5 Å². The molecule has 24 heavy (non-hydrogen) atoms. The Balaban J connectivity index is 2.20. The fourth-order valence-corrected chi connectivity index (χ4v) is 2.07. The first-order valence-electron chi connectivity index (χ1n) is 8.15. The van der Waals surface area contributed by atoms with E-state index in [1.54, 1.807) is 0 Å². The van der Waals surface area contributed by atoms with Gasteiger partial charge in [0.05, 0.1) is 5.71 Å². The quantitative estimate of drug-likeness (QED) is 0.535. The highest BCUT2D eigenvalue weighted by Gasteiger charge is 2.06. The van der Waals surface area contributed by atoms with E-state index in [0.717, 1.165) is 24.4 Å². The second kappa shape index (κ2) is 8.24. The van der Waals surface area contributed by atoms with Crippen LogP contribution in [-0.2, 0) is 0 Å². The number of benzene rings is 1. The molecule has 0 amide bonds. The summed E-state index contributed by atoms with van der Waals surface area (Å²) in [6.07, 6.45) is 0. The summed E-state index contributed by atoms with van der Waals surface area (Å²) in [7, 11) is 0. The zero-order valence-corrected chi connectivity index (χ0v) is 14.9. The lowest BCUT2D eigenvalue weighted by Gasteiger charge is -2.09. The highest BCUT2D eigenvalue weighted by Crippen LogP contribution is 2.12. The number of aryl methyl sites for hydroxylation is 2. The maximum Gasteiger partial charge on any atom is 0.250 e. The average molecular weight is 327 g/mol. The van der Waals surface area contributed by atoms with Crippen LogP contribution in [0, 0.1) is 13.8 Å². The van der Waals surface area contributed by atoms with Crippen molar-refractivity contribution >= 4 is 23.6 Å². The van der Waals surface area contributed by atoms with Gasteiger partial charge in [-0.05, 0) is 57.4 Å². The molecule has 0 saturated heterocycles. The van der Waals surface area contributed by atoms with Crippen molar-refractivity contribution in [1.29, 1.82) is 0 Å². The van der Waals surface area contributed by atoms with Gasteiger partial charge < -0.3 is 10.6 Å². The van der Waals surface area contributed by atoms with Crippen LogP contribution in [0.25, 0.3) is 0 Å². The maximum atomic E-state index is 4.40. The Labute approximate surface area is 143 Å². The third kappa shape index (κ3) is 4.65. The molecule has 0 aliphatic rings. The Morgan fingerprint density at radius 3 is 2.04 bits per heavy atom. The molecule has 0 aliphatic heterocycles. The van der Waals surface area contributed by atoms with E-state index in [9.17, 15) is 0 Å². The van der Waals surface area contributed by atoms with Gasteiger partial charge in [-0.2, -0.15) is 20.1 Å².